The molecule has 1 aliphatic heterocycles. The maximum atomic E-state index is 12.8. The van der Waals surface area contributed by atoms with Gasteiger partial charge in [-0.25, -0.2) is 8.42 Å². The summed E-state index contributed by atoms with van der Waals surface area (Å²) < 4.78 is 39.0. The van der Waals surface area contributed by atoms with Gasteiger partial charge in [-0.05, 0) is 54.8 Å². The Morgan fingerprint density at radius 2 is 1.86 bits per heavy atom. The number of anilines is 2. The van der Waals surface area contributed by atoms with E-state index in [9.17, 15) is 13.2 Å². The third-order valence-electron chi connectivity index (χ3n) is 4.51. The van der Waals surface area contributed by atoms with Gasteiger partial charge in [-0.3, -0.25) is 9.52 Å². The second-order valence-electron chi connectivity index (χ2n) is 7.32. The number of sulfonamides is 1. The molecule has 8 heteroatoms. The number of methoxy groups -OCH3 is 1. The van der Waals surface area contributed by atoms with Gasteiger partial charge >= 0.3 is 0 Å². The third-order valence-corrected chi connectivity index (χ3v) is 5.91. The maximum absolute atomic E-state index is 12.8. The lowest BCUT2D eigenvalue weighted by Gasteiger charge is -2.20. The van der Waals surface area contributed by atoms with Crippen LogP contribution in [0.2, 0.25) is 0 Å². The molecule has 156 valence electrons. The van der Waals surface area contributed by atoms with Crippen LogP contribution < -0.4 is 19.1 Å². The molecule has 1 saturated heterocycles. The summed E-state index contributed by atoms with van der Waals surface area (Å²) in [6.07, 6.45) is 1.24. The molecule has 0 bridgehead atoms. The number of amides is 1. The Kier molecular flexibility index (Phi) is 6.32. The number of nitrogens with one attached hydrogen (secondary N) is 1. The Morgan fingerprint density at radius 1 is 1.14 bits per heavy atom. The van der Waals surface area contributed by atoms with Crippen molar-refractivity contribution in [2.75, 3.05) is 29.9 Å². The van der Waals surface area contributed by atoms with Crippen LogP contribution in [-0.4, -0.2) is 34.6 Å². The number of rotatable bonds is 8. The Bertz CT molecular complexity index is 971. The van der Waals surface area contributed by atoms with Crippen LogP contribution in [0.25, 0.3) is 0 Å². The number of carbonyl (C=O) groups excluding carboxylic acids is 1. The summed E-state index contributed by atoms with van der Waals surface area (Å²) in [5.74, 6) is 1.53. The van der Waals surface area contributed by atoms with Gasteiger partial charge in [0.15, 0.2) is 0 Å². The summed E-state index contributed by atoms with van der Waals surface area (Å²) in [7, 11) is -2.26. The van der Waals surface area contributed by atoms with Crippen molar-refractivity contribution in [2.24, 2.45) is 5.92 Å². The lowest BCUT2D eigenvalue weighted by Crippen LogP contribution is -2.24. The van der Waals surface area contributed by atoms with Gasteiger partial charge in [-0.1, -0.05) is 13.8 Å². The molecule has 1 aliphatic rings. The van der Waals surface area contributed by atoms with Gasteiger partial charge in [0.25, 0.3) is 10.0 Å². The first kappa shape index (κ1) is 21.0. The molecule has 7 nitrogen and oxygen atoms in total. The van der Waals surface area contributed by atoms with E-state index in [-0.39, 0.29) is 10.8 Å². The fourth-order valence-corrected chi connectivity index (χ4v) is 4.11. The minimum Gasteiger partial charge on any atom is -0.495 e. The Morgan fingerprint density at radius 3 is 2.45 bits per heavy atom. The van der Waals surface area contributed by atoms with Crippen LogP contribution in [0.15, 0.2) is 47.4 Å². The van der Waals surface area contributed by atoms with Crippen LogP contribution in [0.4, 0.5) is 11.4 Å². The largest absolute Gasteiger partial charge is 0.495 e. The lowest BCUT2D eigenvalue weighted by atomic mass is 10.2. The Hall–Kier alpha value is -2.74. The smallest absolute Gasteiger partial charge is 0.261 e. The predicted molar refractivity (Wildman–Crippen MR) is 112 cm³/mol. The van der Waals surface area contributed by atoms with Crippen LogP contribution in [0.3, 0.4) is 0 Å². The Balaban J connectivity index is 1.80. The van der Waals surface area contributed by atoms with Crippen molar-refractivity contribution in [1.82, 2.24) is 0 Å². The van der Waals surface area contributed by atoms with Crippen molar-refractivity contribution in [3.05, 3.63) is 42.5 Å². The average molecular weight is 419 g/mol. The first-order valence-corrected chi connectivity index (χ1v) is 11.0. The molecule has 0 saturated carbocycles. The van der Waals surface area contributed by atoms with Crippen LogP contribution in [0, 0.1) is 5.92 Å². The van der Waals surface area contributed by atoms with Crippen molar-refractivity contribution in [3.63, 3.8) is 0 Å². The molecule has 3 rings (SSSR count). The van der Waals surface area contributed by atoms with Crippen LogP contribution >= 0.6 is 0 Å². The first-order valence-electron chi connectivity index (χ1n) is 9.54. The van der Waals surface area contributed by atoms with Crippen molar-refractivity contribution in [2.45, 2.75) is 31.6 Å². The molecule has 0 atom stereocenters. The summed E-state index contributed by atoms with van der Waals surface area (Å²) in [6.45, 7) is 5.24. The van der Waals surface area contributed by atoms with Crippen molar-refractivity contribution in [1.29, 1.82) is 0 Å². The van der Waals surface area contributed by atoms with E-state index in [1.807, 2.05) is 13.8 Å². The van der Waals surface area contributed by atoms with Crippen LogP contribution in [0.1, 0.15) is 26.7 Å². The topological polar surface area (TPSA) is 84.9 Å². The maximum Gasteiger partial charge on any atom is 0.261 e. The van der Waals surface area contributed by atoms with Gasteiger partial charge in [-0.2, -0.15) is 0 Å². The highest BCUT2D eigenvalue weighted by molar-refractivity contribution is 7.92. The van der Waals surface area contributed by atoms with E-state index in [1.54, 1.807) is 35.2 Å². The summed E-state index contributed by atoms with van der Waals surface area (Å²) in [4.78, 5) is 13.9. The van der Waals surface area contributed by atoms with E-state index in [0.29, 0.717) is 48.4 Å². The van der Waals surface area contributed by atoms with Crippen molar-refractivity contribution in [3.8, 4) is 11.5 Å². The highest BCUT2D eigenvalue weighted by Crippen LogP contribution is 2.34. The first-order chi connectivity index (χ1) is 13.8. The van der Waals surface area contributed by atoms with Gasteiger partial charge in [0.05, 0.1) is 30.0 Å². The van der Waals surface area contributed by atoms with Gasteiger partial charge in [0.1, 0.15) is 11.5 Å². The molecule has 1 heterocycles. The van der Waals surface area contributed by atoms with Gasteiger partial charge in [0, 0.05) is 13.0 Å². The zero-order valence-corrected chi connectivity index (χ0v) is 17.7. The van der Waals surface area contributed by atoms with E-state index >= 15 is 0 Å². The van der Waals surface area contributed by atoms with E-state index in [0.717, 1.165) is 6.42 Å². The number of nitrogens with zero attached hydrogens (tertiary/aromatic N) is 1. The molecule has 0 radical (unpaired) electrons. The van der Waals surface area contributed by atoms with Crippen LogP contribution in [0.5, 0.6) is 11.5 Å². The SMILES string of the molecule is COc1ccc(NS(=O)(=O)c2ccc(OCC(C)C)cc2)cc1N1CCCC1=O. The second kappa shape index (κ2) is 8.73. The van der Waals surface area contributed by atoms with Crippen LogP contribution in [-0.2, 0) is 14.8 Å². The third kappa shape index (κ3) is 5.00. The minimum absolute atomic E-state index is 0.000272. The van der Waals surface area contributed by atoms with Crippen molar-refractivity contribution < 1.29 is 22.7 Å². The number of benzene rings is 2. The molecule has 1 amide bonds. The molecule has 0 aromatic heterocycles. The molecule has 29 heavy (non-hydrogen) atoms. The minimum atomic E-state index is -3.78. The van der Waals surface area contributed by atoms with E-state index in [4.69, 9.17) is 9.47 Å². The van der Waals surface area contributed by atoms with Gasteiger partial charge in [-0.15, -0.1) is 0 Å². The molecule has 1 N–H and O–H groups in total. The molecule has 2 aromatic rings. The molecule has 0 aliphatic carbocycles. The van der Waals surface area contributed by atoms with Gasteiger partial charge < -0.3 is 14.4 Å². The molecule has 0 spiro atoms. The van der Waals surface area contributed by atoms with E-state index < -0.39 is 10.0 Å². The highest BCUT2D eigenvalue weighted by Gasteiger charge is 2.25. The quantitative estimate of drug-likeness (QED) is 0.707. The summed E-state index contributed by atoms with van der Waals surface area (Å²) in [6, 6.07) is 11.2. The lowest BCUT2D eigenvalue weighted by molar-refractivity contribution is -0.117. The van der Waals surface area contributed by atoms with E-state index in [2.05, 4.69) is 4.72 Å². The normalized spacial score (nSPS) is 14.3. The highest BCUT2D eigenvalue weighted by atomic mass is 32.2. The summed E-state index contributed by atoms with van der Waals surface area (Å²) in [5, 5.41) is 0. The summed E-state index contributed by atoms with van der Waals surface area (Å²) >= 11 is 0. The molecule has 0 unspecified atom stereocenters. The number of hydrogen-bond donors (Lipinski definition) is 1. The predicted octanol–water partition coefficient (Wildman–Crippen LogP) is 3.66. The Labute approximate surface area is 171 Å². The zero-order chi connectivity index (χ0) is 21.0. The second-order valence-corrected chi connectivity index (χ2v) is 9.00. The molecule has 1 fully saturated rings. The molecular weight excluding hydrogens is 392 g/mol. The molecule has 2 aromatic carbocycles. The van der Waals surface area contributed by atoms with Crippen molar-refractivity contribution >= 4 is 27.3 Å². The number of hydrogen-bond acceptors (Lipinski definition) is 5. The zero-order valence-electron chi connectivity index (χ0n) is 16.8. The number of carbonyl (C=O) groups is 1. The fourth-order valence-electron chi connectivity index (χ4n) is 3.06. The monoisotopic (exact) mass is 418 g/mol. The van der Waals surface area contributed by atoms with E-state index in [1.165, 1.54) is 19.2 Å². The standard InChI is InChI=1S/C21H26N2O5S/c1-15(2)14-28-17-7-9-18(10-8-17)29(25,26)22-16-6-11-20(27-3)19(13-16)23-12-4-5-21(23)24/h6-11,13,15,22H,4-5,12,14H2,1-3H3. The van der Waals surface area contributed by atoms with Gasteiger partial charge in [0.2, 0.25) is 5.91 Å². The fraction of sp³-hybridized carbons (Fsp3) is 0.381. The average Bonchev–Trinajstić information content (AvgIpc) is 3.12. The molecular formula is C21H26N2O5S. The number of ether oxygens (including phenoxy) is 2. The summed E-state index contributed by atoms with van der Waals surface area (Å²) in [5.41, 5.74) is 0.924.